The number of likely N-dealkylation sites (N-methyl/N-ethyl adjacent to an activating group) is 1. The van der Waals surface area contributed by atoms with Crippen LogP contribution in [0.2, 0.25) is 0 Å². The Balaban J connectivity index is 2.79. The first kappa shape index (κ1) is 20.0. The van der Waals surface area contributed by atoms with Crippen LogP contribution in [0, 0.1) is 0 Å². The highest BCUT2D eigenvalue weighted by atomic mass is 19.4. The lowest BCUT2D eigenvalue weighted by molar-refractivity contribution is -0.137. The molecule has 1 aromatic rings. The SMILES string of the molecule is CC(=O)N(CCC(=O)NCCN(C)C)c1ccccc1C(F)(F)F. The van der Waals surface area contributed by atoms with E-state index in [4.69, 9.17) is 0 Å². The number of hydrogen-bond donors (Lipinski definition) is 1. The average molecular weight is 345 g/mol. The minimum atomic E-state index is -4.57. The van der Waals surface area contributed by atoms with Crippen molar-refractivity contribution in [3.05, 3.63) is 29.8 Å². The van der Waals surface area contributed by atoms with E-state index in [0.717, 1.165) is 11.0 Å². The van der Waals surface area contributed by atoms with Crippen molar-refractivity contribution in [1.29, 1.82) is 0 Å². The van der Waals surface area contributed by atoms with E-state index in [1.165, 1.54) is 25.1 Å². The molecule has 0 aliphatic rings. The van der Waals surface area contributed by atoms with E-state index in [9.17, 15) is 22.8 Å². The highest BCUT2D eigenvalue weighted by Gasteiger charge is 2.35. The number of halogens is 3. The molecule has 0 saturated heterocycles. The molecule has 0 aliphatic carbocycles. The Labute approximate surface area is 139 Å². The third kappa shape index (κ3) is 6.19. The molecule has 8 heteroatoms. The van der Waals surface area contributed by atoms with Gasteiger partial charge in [0.25, 0.3) is 0 Å². The largest absolute Gasteiger partial charge is 0.418 e. The minimum absolute atomic E-state index is 0.0702. The Bertz CT molecular complexity index is 574. The van der Waals surface area contributed by atoms with Crippen LogP contribution in [-0.4, -0.2) is 50.4 Å². The second-order valence-electron chi connectivity index (χ2n) is 5.59. The molecule has 0 heterocycles. The second-order valence-corrected chi connectivity index (χ2v) is 5.59. The number of hydrogen-bond acceptors (Lipinski definition) is 3. The molecule has 0 fully saturated rings. The summed E-state index contributed by atoms with van der Waals surface area (Å²) in [7, 11) is 3.72. The maximum Gasteiger partial charge on any atom is 0.418 e. The van der Waals surface area contributed by atoms with Crippen molar-refractivity contribution >= 4 is 17.5 Å². The first-order chi connectivity index (χ1) is 11.1. The van der Waals surface area contributed by atoms with Gasteiger partial charge in [-0.05, 0) is 26.2 Å². The molecule has 0 radical (unpaired) electrons. The number of rotatable bonds is 7. The van der Waals surface area contributed by atoms with Crippen LogP contribution in [0.4, 0.5) is 18.9 Å². The van der Waals surface area contributed by atoms with Gasteiger partial charge in [-0.25, -0.2) is 0 Å². The topological polar surface area (TPSA) is 52.7 Å². The first-order valence-electron chi connectivity index (χ1n) is 7.48. The number of nitrogens with one attached hydrogen (secondary N) is 1. The number of benzene rings is 1. The zero-order valence-corrected chi connectivity index (χ0v) is 14.0. The standard InChI is InChI=1S/C16H22F3N3O2/c1-12(23)22(10-8-15(24)20-9-11-21(2)3)14-7-5-4-6-13(14)16(17,18)19/h4-7H,8-11H2,1-3H3,(H,20,24). The number of amides is 2. The van der Waals surface area contributed by atoms with E-state index >= 15 is 0 Å². The van der Waals surface area contributed by atoms with Crippen molar-refractivity contribution in [2.75, 3.05) is 38.6 Å². The Morgan fingerprint density at radius 3 is 2.29 bits per heavy atom. The minimum Gasteiger partial charge on any atom is -0.355 e. The average Bonchev–Trinajstić information content (AvgIpc) is 2.46. The number of alkyl halides is 3. The molecule has 0 bridgehead atoms. The van der Waals surface area contributed by atoms with Crippen molar-refractivity contribution in [1.82, 2.24) is 10.2 Å². The van der Waals surface area contributed by atoms with Gasteiger partial charge in [0.05, 0.1) is 11.3 Å². The van der Waals surface area contributed by atoms with Crippen LogP contribution in [0.15, 0.2) is 24.3 Å². The van der Waals surface area contributed by atoms with Gasteiger partial charge in [-0.1, -0.05) is 12.1 Å². The summed E-state index contributed by atoms with van der Waals surface area (Å²) in [6, 6.07) is 4.84. The van der Waals surface area contributed by atoms with Crippen molar-refractivity contribution in [3.8, 4) is 0 Å². The van der Waals surface area contributed by atoms with Crippen LogP contribution in [-0.2, 0) is 15.8 Å². The molecule has 2 amide bonds. The number of nitrogens with zero attached hydrogens (tertiary/aromatic N) is 2. The maximum atomic E-state index is 13.1. The fourth-order valence-corrected chi connectivity index (χ4v) is 2.12. The van der Waals surface area contributed by atoms with Crippen molar-refractivity contribution in [2.45, 2.75) is 19.5 Å². The molecule has 24 heavy (non-hydrogen) atoms. The number of para-hydroxylation sites is 1. The lowest BCUT2D eigenvalue weighted by Crippen LogP contribution is -2.36. The monoisotopic (exact) mass is 345 g/mol. The summed E-state index contributed by atoms with van der Waals surface area (Å²) in [4.78, 5) is 26.4. The Morgan fingerprint density at radius 1 is 1.12 bits per heavy atom. The molecule has 0 saturated carbocycles. The summed E-state index contributed by atoms with van der Waals surface area (Å²) in [5.74, 6) is -0.861. The third-order valence-electron chi connectivity index (χ3n) is 3.32. The van der Waals surface area contributed by atoms with Crippen molar-refractivity contribution in [3.63, 3.8) is 0 Å². The van der Waals surface area contributed by atoms with Gasteiger partial charge in [0.2, 0.25) is 11.8 Å². The molecule has 1 rings (SSSR count). The molecular formula is C16H22F3N3O2. The van der Waals surface area contributed by atoms with E-state index < -0.39 is 17.6 Å². The van der Waals surface area contributed by atoms with Gasteiger partial charge in [0.1, 0.15) is 0 Å². The number of carbonyl (C=O) groups excluding carboxylic acids is 2. The van der Waals surface area contributed by atoms with E-state index in [2.05, 4.69) is 5.32 Å². The molecule has 0 unspecified atom stereocenters. The zero-order valence-electron chi connectivity index (χ0n) is 14.0. The lowest BCUT2D eigenvalue weighted by Gasteiger charge is -2.24. The van der Waals surface area contributed by atoms with Crippen LogP contribution in [0.1, 0.15) is 18.9 Å². The highest BCUT2D eigenvalue weighted by molar-refractivity contribution is 5.93. The van der Waals surface area contributed by atoms with Gasteiger partial charge in [0, 0.05) is 33.0 Å². The highest BCUT2D eigenvalue weighted by Crippen LogP contribution is 2.36. The molecule has 1 aromatic carbocycles. The Kier molecular flexibility index (Phi) is 7.21. The van der Waals surface area contributed by atoms with Gasteiger partial charge in [-0.15, -0.1) is 0 Å². The predicted octanol–water partition coefficient (Wildman–Crippen LogP) is 2.13. The summed E-state index contributed by atoms with van der Waals surface area (Å²) in [6.45, 7) is 2.15. The van der Waals surface area contributed by atoms with Gasteiger partial charge in [-0.2, -0.15) is 13.2 Å². The van der Waals surface area contributed by atoms with E-state index in [1.807, 2.05) is 19.0 Å². The summed E-state index contributed by atoms with van der Waals surface area (Å²) in [5.41, 5.74) is -1.13. The van der Waals surface area contributed by atoms with Crippen molar-refractivity contribution in [2.24, 2.45) is 0 Å². The zero-order chi connectivity index (χ0) is 18.3. The molecule has 0 atom stereocenters. The van der Waals surface area contributed by atoms with Crippen LogP contribution in [0.5, 0.6) is 0 Å². The molecule has 134 valence electrons. The maximum absolute atomic E-state index is 13.1. The summed E-state index contributed by atoms with van der Waals surface area (Å²) in [6.07, 6.45) is -4.64. The summed E-state index contributed by atoms with van der Waals surface area (Å²) < 4.78 is 39.3. The molecule has 5 nitrogen and oxygen atoms in total. The molecule has 1 N–H and O–H groups in total. The second kappa shape index (κ2) is 8.68. The number of anilines is 1. The fourth-order valence-electron chi connectivity index (χ4n) is 2.12. The van der Waals surface area contributed by atoms with E-state index in [-0.39, 0.29) is 24.6 Å². The quantitative estimate of drug-likeness (QED) is 0.824. The fraction of sp³-hybridized carbons (Fsp3) is 0.500. The summed E-state index contributed by atoms with van der Waals surface area (Å²) >= 11 is 0. The first-order valence-corrected chi connectivity index (χ1v) is 7.48. The predicted molar refractivity (Wildman–Crippen MR) is 85.7 cm³/mol. The lowest BCUT2D eigenvalue weighted by atomic mass is 10.1. The number of carbonyl (C=O) groups is 2. The van der Waals surface area contributed by atoms with Crippen LogP contribution < -0.4 is 10.2 Å². The van der Waals surface area contributed by atoms with Gasteiger partial charge >= 0.3 is 6.18 Å². The van der Waals surface area contributed by atoms with E-state index in [1.54, 1.807) is 0 Å². The van der Waals surface area contributed by atoms with Crippen LogP contribution in [0.3, 0.4) is 0 Å². The smallest absolute Gasteiger partial charge is 0.355 e. The summed E-state index contributed by atoms with van der Waals surface area (Å²) in [5, 5.41) is 2.66. The Hall–Kier alpha value is -2.09. The van der Waals surface area contributed by atoms with E-state index in [0.29, 0.717) is 13.1 Å². The molecule has 0 aliphatic heterocycles. The van der Waals surface area contributed by atoms with Crippen LogP contribution in [0.25, 0.3) is 0 Å². The normalized spacial score (nSPS) is 11.5. The molecular weight excluding hydrogens is 323 g/mol. The van der Waals surface area contributed by atoms with Gasteiger partial charge < -0.3 is 15.1 Å². The molecule has 0 spiro atoms. The van der Waals surface area contributed by atoms with Crippen LogP contribution >= 0.6 is 0 Å². The molecule has 0 aromatic heterocycles. The van der Waals surface area contributed by atoms with Crippen molar-refractivity contribution < 1.29 is 22.8 Å². The van der Waals surface area contributed by atoms with Gasteiger partial charge in [-0.3, -0.25) is 9.59 Å². The third-order valence-corrected chi connectivity index (χ3v) is 3.32. The Morgan fingerprint density at radius 2 is 1.75 bits per heavy atom. The van der Waals surface area contributed by atoms with Gasteiger partial charge in [0.15, 0.2) is 0 Å².